The molecule has 0 saturated carbocycles. The number of aliphatic hydroxyl groups excluding tert-OH is 1. The van der Waals surface area contributed by atoms with E-state index >= 15 is 0 Å². The van der Waals surface area contributed by atoms with Crippen molar-refractivity contribution in [2.45, 2.75) is 26.9 Å². The maximum Gasteiger partial charge on any atom is 0.224 e. The molecule has 6 rings (SSSR count). The molecule has 324 valence electrons. The van der Waals surface area contributed by atoms with E-state index in [2.05, 4.69) is 15.9 Å². The van der Waals surface area contributed by atoms with E-state index in [1.54, 1.807) is 67.8 Å². The Balaban J connectivity index is 0.000000234. The van der Waals surface area contributed by atoms with Crippen molar-refractivity contribution in [2.24, 2.45) is 0 Å². The van der Waals surface area contributed by atoms with Crippen LogP contribution in [0.25, 0.3) is 0 Å². The van der Waals surface area contributed by atoms with E-state index in [9.17, 15) is 18.4 Å². The van der Waals surface area contributed by atoms with Crippen molar-refractivity contribution < 1.29 is 51.9 Å². The molecule has 0 aliphatic carbocycles. The number of hydrogen-bond acceptors (Lipinski definition) is 9. The molecule has 0 aromatic heterocycles. The SMILES string of the molecule is COc1ccc(OCCBr)c(CN(C(C)=O)c2cc(F)ccc2Oc2ccccc2)c1.COc1ccc(OCCO)c(CN(C(C)=O)c2cc(F)ccc2Oc2ccccc2)c1. The van der Waals surface area contributed by atoms with Gasteiger partial charge in [0.25, 0.3) is 0 Å². The molecule has 2 amide bonds. The van der Waals surface area contributed by atoms with Crippen LogP contribution in [0.1, 0.15) is 25.0 Å². The first-order valence-electron chi connectivity index (χ1n) is 19.4. The number of amides is 2. The van der Waals surface area contributed by atoms with Crippen LogP contribution in [-0.2, 0) is 22.7 Å². The number of alkyl halides is 1. The minimum Gasteiger partial charge on any atom is -0.497 e. The highest BCUT2D eigenvalue weighted by Crippen LogP contribution is 2.38. The van der Waals surface area contributed by atoms with Crippen LogP contribution in [0.5, 0.6) is 46.0 Å². The normalized spacial score (nSPS) is 10.5. The van der Waals surface area contributed by atoms with Gasteiger partial charge >= 0.3 is 0 Å². The number of aliphatic hydroxyl groups is 1. The lowest BCUT2D eigenvalue weighted by molar-refractivity contribution is -0.117. The van der Waals surface area contributed by atoms with Crippen LogP contribution >= 0.6 is 15.9 Å². The van der Waals surface area contributed by atoms with E-state index in [1.807, 2.05) is 36.4 Å². The predicted molar refractivity (Wildman–Crippen MR) is 237 cm³/mol. The fraction of sp³-hybridized carbons (Fsp3) is 0.208. The standard InChI is InChI=1S/C24H23BrFNO4.C24H24FNO5/c1-17(28)27(16-18-14-21(29-2)9-11-23(18)30-13-12-25)22-15-19(26)8-10-24(22)31-20-6-4-3-5-7-20;1-17(28)26(16-18-14-21(29-2)9-11-23(18)30-13-12-27)22-15-19(25)8-10-24(22)31-20-6-4-3-5-7-20/h3-11,14-15H,12-13,16H2,1-2H3;3-11,14-15,27H,12-13,16H2,1-2H3. The summed E-state index contributed by atoms with van der Waals surface area (Å²) < 4.78 is 62.2. The van der Waals surface area contributed by atoms with Gasteiger partial charge in [-0.1, -0.05) is 52.3 Å². The number of ether oxygens (including phenoxy) is 6. The molecule has 6 aromatic carbocycles. The monoisotopic (exact) mass is 912 g/mol. The molecule has 14 heteroatoms. The number of halogens is 3. The zero-order chi connectivity index (χ0) is 44.4. The number of methoxy groups -OCH3 is 2. The first-order chi connectivity index (χ1) is 30.0. The number of rotatable bonds is 18. The molecule has 0 aliphatic rings. The molecule has 1 N–H and O–H groups in total. The quantitative estimate of drug-likeness (QED) is 0.0842. The second-order valence-electron chi connectivity index (χ2n) is 13.3. The van der Waals surface area contributed by atoms with Crippen LogP contribution in [0, 0.1) is 11.6 Å². The molecule has 0 aliphatic heterocycles. The number of hydrogen-bond donors (Lipinski definition) is 1. The molecule has 62 heavy (non-hydrogen) atoms. The van der Waals surface area contributed by atoms with Gasteiger partial charge in [0.2, 0.25) is 11.8 Å². The minimum atomic E-state index is -0.496. The number of benzene rings is 6. The topological polar surface area (TPSA) is 116 Å². The van der Waals surface area contributed by atoms with Gasteiger partial charge in [0.1, 0.15) is 52.7 Å². The van der Waals surface area contributed by atoms with Crippen LogP contribution in [0.3, 0.4) is 0 Å². The van der Waals surface area contributed by atoms with Crippen molar-refractivity contribution in [2.75, 3.05) is 49.2 Å². The highest BCUT2D eigenvalue weighted by molar-refractivity contribution is 9.09. The minimum absolute atomic E-state index is 0.0852. The van der Waals surface area contributed by atoms with E-state index in [0.29, 0.717) is 69.2 Å². The zero-order valence-electron chi connectivity index (χ0n) is 34.7. The van der Waals surface area contributed by atoms with Gasteiger partial charge in [0.15, 0.2) is 11.5 Å². The van der Waals surface area contributed by atoms with Crippen molar-refractivity contribution in [3.8, 4) is 46.0 Å². The van der Waals surface area contributed by atoms with E-state index < -0.39 is 11.6 Å². The van der Waals surface area contributed by atoms with Gasteiger partial charge in [-0.3, -0.25) is 9.59 Å². The molecule has 0 saturated heterocycles. The Morgan fingerprint density at radius 2 is 0.952 bits per heavy atom. The van der Waals surface area contributed by atoms with E-state index in [-0.39, 0.29) is 43.8 Å². The zero-order valence-corrected chi connectivity index (χ0v) is 36.3. The Labute approximate surface area is 368 Å². The first kappa shape index (κ1) is 46.4. The molecule has 0 spiro atoms. The smallest absolute Gasteiger partial charge is 0.224 e. The predicted octanol–water partition coefficient (Wildman–Crippen LogP) is 10.5. The Kier molecular flexibility index (Phi) is 17.5. The van der Waals surface area contributed by atoms with Crippen LogP contribution in [0.2, 0.25) is 0 Å². The molecule has 0 radical (unpaired) electrons. The Hall–Kier alpha value is -6.64. The lowest BCUT2D eigenvalue weighted by Gasteiger charge is -2.25. The highest BCUT2D eigenvalue weighted by atomic mass is 79.9. The lowest BCUT2D eigenvalue weighted by atomic mass is 10.1. The van der Waals surface area contributed by atoms with Crippen LogP contribution in [0.15, 0.2) is 133 Å². The Morgan fingerprint density at radius 3 is 1.32 bits per heavy atom. The van der Waals surface area contributed by atoms with Crippen molar-refractivity contribution in [1.29, 1.82) is 0 Å². The maximum atomic E-state index is 14.2. The maximum absolute atomic E-state index is 14.2. The van der Waals surface area contributed by atoms with E-state index in [0.717, 1.165) is 5.56 Å². The Bertz CT molecular complexity index is 2220. The van der Waals surface area contributed by atoms with Gasteiger partial charge in [-0.2, -0.15) is 0 Å². The third-order valence-corrected chi connectivity index (χ3v) is 9.33. The van der Waals surface area contributed by atoms with Crippen molar-refractivity contribution in [1.82, 2.24) is 0 Å². The van der Waals surface area contributed by atoms with Gasteiger partial charge in [0.05, 0.1) is 51.9 Å². The van der Waals surface area contributed by atoms with Crippen molar-refractivity contribution in [3.05, 3.63) is 156 Å². The van der Waals surface area contributed by atoms with Gasteiger partial charge in [0, 0.05) is 42.4 Å². The third-order valence-electron chi connectivity index (χ3n) is 9.00. The highest BCUT2D eigenvalue weighted by Gasteiger charge is 2.23. The Morgan fingerprint density at radius 1 is 0.548 bits per heavy atom. The van der Waals surface area contributed by atoms with Crippen LogP contribution in [0.4, 0.5) is 20.2 Å². The van der Waals surface area contributed by atoms with E-state index in [1.165, 1.54) is 67.2 Å². The average molecular weight is 914 g/mol. The summed E-state index contributed by atoms with van der Waals surface area (Å²) in [7, 11) is 3.10. The summed E-state index contributed by atoms with van der Waals surface area (Å²) in [6.07, 6.45) is 0. The lowest BCUT2D eigenvalue weighted by Crippen LogP contribution is -2.28. The molecule has 11 nitrogen and oxygen atoms in total. The van der Waals surface area contributed by atoms with Crippen molar-refractivity contribution in [3.63, 3.8) is 0 Å². The number of anilines is 2. The average Bonchev–Trinajstić information content (AvgIpc) is 3.28. The molecule has 0 heterocycles. The molecule has 6 aromatic rings. The number of carbonyl (C=O) groups excluding carboxylic acids is 2. The molecule has 0 bridgehead atoms. The fourth-order valence-electron chi connectivity index (χ4n) is 6.08. The third kappa shape index (κ3) is 13.2. The van der Waals surface area contributed by atoms with Gasteiger partial charge in [-0.05, 0) is 84.9 Å². The van der Waals surface area contributed by atoms with Crippen molar-refractivity contribution >= 4 is 39.1 Å². The molecule has 0 fully saturated rings. The second kappa shape index (κ2) is 23.4. The largest absolute Gasteiger partial charge is 0.497 e. The number of carbonyl (C=O) groups is 2. The molecular weight excluding hydrogens is 866 g/mol. The summed E-state index contributed by atoms with van der Waals surface area (Å²) in [5, 5.41) is 9.76. The summed E-state index contributed by atoms with van der Waals surface area (Å²) in [5.41, 5.74) is 1.97. The molecule has 0 unspecified atom stereocenters. The summed E-state index contributed by atoms with van der Waals surface area (Å²) in [4.78, 5) is 28.1. The molecule has 0 atom stereocenters. The second-order valence-corrected chi connectivity index (χ2v) is 14.1. The fourth-order valence-corrected chi connectivity index (χ4v) is 6.24. The number of para-hydroxylation sites is 2. The van der Waals surface area contributed by atoms with E-state index in [4.69, 9.17) is 33.5 Å². The first-order valence-corrected chi connectivity index (χ1v) is 20.5. The van der Waals surface area contributed by atoms with Crippen LogP contribution < -0.4 is 38.2 Å². The summed E-state index contributed by atoms with van der Waals surface area (Å²) >= 11 is 3.35. The number of nitrogens with zero attached hydrogens (tertiary/aromatic N) is 2. The van der Waals surface area contributed by atoms with Crippen LogP contribution in [-0.4, -0.2) is 56.3 Å². The van der Waals surface area contributed by atoms with Gasteiger partial charge in [-0.25, -0.2) is 8.78 Å². The van der Waals surface area contributed by atoms with Gasteiger partial charge in [-0.15, -0.1) is 0 Å². The van der Waals surface area contributed by atoms with Gasteiger partial charge < -0.3 is 43.3 Å². The summed E-state index contributed by atoms with van der Waals surface area (Å²) in [6.45, 7) is 3.47. The molecular formula is C48H47BrF2N2O9. The summed E-state index contributed by atoms with van der Waals surface area (Å²) in [6, 6.07) is 36.9. The summed E-state index contributed by atoms with van der Waals surface area (Å²) in [5.74, 6) is 2.63.